The third kappa shape index (κ3) is 4.66. The molecule has 1 atom stereocenters. The van der Waals surface area contributed by atoms with Crippen molar-refractivity contribution >= 4 is 15.9 Å². The fourth-order valence-electron chi connectivity index (χ4n) is 1.79. The van der Waals surface area contributed by atoms with Crippen LogP contribution in [-0.2, 0) is 0 Å². The second-order valence-corrected chi connectivity index (χ2v) is 5.32. The van der Waals surface area contributed by atoms with Gasteiger partial charge in [0.05, 0.1) is 7.11 Å². The monoisotopic (exact) mass is 302 g/mol. The van der Waals surface area contributed by atoms with E-state index in [1.807, 2.05) is 6.07 Å². The molecule has 0 N–H and O–H groups in total. The molecule has 1 aromatic carbocycles. The van der Waals surface area contributed by atoms with Gasteiger partial charge in [0, 0.05) is 4.83 Å². The first-order chi connectivity index (χ1) is 8.19. The van der Waals surface area contributed by atoms with Gasteiger partial charge in [0.2, 0.25) is 0 Å². The number of methoxy groups -OCH3 is 1. The average molecular weight is 303 g/mol. The van der Waals surface area contributed by atoms with Crippen LogP contribution in [0.2, 0.25) is 0 Å². The summed E-state index contributed by atoms with van der Waals surface area (Å²) < 4.78 is 18.4. The summed E-state index contributed by atoms with van der Waals surface area (Å²) in [6.07, 6.45) is 5.99. The molecule has 0 bridgehead atoms. The second kappa shape index (κ2) is 7.70. The molecule has 0 saturated carbocycles. The Bertz CT molecular complexity index is 341. The number of rotatable bonds is 7. The van der Waals surface area contributed by atoms with Crippen LogP contribution in [0.5, 0.6) is 5.75 Å². The molecule has 0 aliphatic rings. The zero-order valence-electron chi connectivity index (χ0n) is 10.5. The number of unbranched alkanes of at least 4 members (excludes halogenated alkanes) is 3. The van der Waals surface area contributed by atoms with Gasteiger partial charge in [0.25, 0.3) is 0 Å². The summed E-state index contributed by atoms with van der Waals surface area (Å²) in [6.45, 7) is 2.20. The molecule has 0 aromatic heterocycles. The van der Waals surface area contributed by atoms with E-state index >= 15 is 0 Å². The minimum absolute atomic E-state index is 0.236. The highest BCUT2D eigenvalue weighted by molar-refractivity contribution is 9.09. The molecule has 0 radical (unpaired) electrons. The molecule has 0 saturated heterocycles. The third-order valence-electron chi connectivity index (χ3n) is 2.85. The van der Waals surface area contributed by atoms with Gasteiger partial charge in [-0.15, -0.1) is 0 Å². The van der Waals surface area contributed by atoms with Gasteiger partial charge in [-0.1, -0.05) is 54.6 Å². The Morgan fingerprint density at radius 3 is 2.65 bits per heavy atom. The summed E-state index contributed by atoms with van der Waals surface area (Å²) in [5, 5.41) is 0. The van der Waals surface area contributed by atoms with Gasteiger partial charge in [0.1, 0.15) is 0 Å². The van der Waals surface area contributed by atoms with Gasteiger partial charge in [-0.2, -0.15) is 0 Å². The minimum atomic E-state index is -0.289. The Hall–Kier alpha value is -0.570. The molecule has 1 rings (SSSR count). The molecular weight excluding hydrogens is 283 g/mol. The lowest BCUT2D eigenvalue weighted by molar-refractivity contribution is 0.386. The second-order valence-electron chi connectivity index (χ2n) is 4.21. The summed E-state index contributed by atoms with van der Waals surface area (Å²) in [4.78, 5) is 0.236. The maximum Gasteiger partial charge on any atom is 0.165 e. The van der Waals surface area contributed by atoms with Crippen LogP contribution in [0.3, 0.4) is 0 Å². The van der Waals surface area contributed by atoms with E-state index in [0.717, 1.165) is 12.0 Å². The molecule has 96 valence electrons. The minimum Gasteiger partial charge on any atom is -0.494 e. The normalized spacial score (nSPS) is 12.5. The predicted octanol–water partition coefficient (Wildman–Crippen LogP) is 5.24. The molecule has 0 amide bonds. The fourth-order valence-corrected chi connectivity index (χ4v) is 2.40. The average Bonchev–Trinajstić information content (AvgIpc) is 2.34. The van der Waals surface area contributed by atoms with E-state index in [9.17, 15) is 4.39 Å². The van der Waals surface area contributed by atoms with E-state index in [-0.39, 0.29) is 10.6 Å². The molecule has 0 heterocycles. The largest absolute Gasteiger partial charge is 0.494 e. The van der Waals surface area contributed by atoms with E-state index in [4.69, 9.17) is 4.74 Å². The van der Waals surface area contributed by atoms with Crippen molar-refractivity contribution < 1.29 is 9.13 Å². The zero-order chi connectivity index (χ0) is 12.7. The van der Waals surface area contributed by atoms with Crippen molar-refractivity contribution in [3.63, 3.8) is 0 Å². The first kappa shape index (κ1) is 14.5. The Labute approximate surface area is 111 Å². The van der Waals surface area contributed by atoms with Crippen LogP contribution >= 0.6 is 15.9 Å². The smallest absolute Gasteiger partial charge is 0.165 e. The van der Waals surface area contributed by atoms with Crippen molar-refractivity contribution in [1.82, 2.24) is 0 Å². The van der Waals surface area contributed by atoms with E-state index in [2.05, 4.69) is 22.9 Å². The van der Waals surface area contributed by atoms with Crippen molar-refractivity contribution in [1.29, 1.82) is 0 Å². The first-order valence-electron chi connectivity index (χ1n) is 6.16. The summed E-state index contributed by atoms with van der Waals surface area (Å²) in [7, 11) is 1.48. The number of hydrogen-bond donors (Lipinski definition) is 0. The van der Waals surface area contributed by atoms with Crippen LogP contribution in [0.15, 0.2) is 18.2 Å². The molecule has 1 aromatic rings. The molecule has 0 spiro atoms. The topological polar surface area (TPSA) is 9.23 Å². The van der Waals surface area contributed by atoms with Gasteiger partial charge in [-0.05, 0) is 24.1 Å². The highest BCUT2D eigenvalue weighted by atomic mass is 79.9. The lowest BCUT2D eigenvalue weighted by Gasteiger charge is -2.11. The molecule has 0 fully saturated rings. The Balaban J connectivity index is 2.51. The zero-order valence-corrected chi connectivity index (χ0v) is 12.1. The summed E-state index contributed by atoms with van der Waals surface area (Å²) >= 11 is 3.61. The van der Waals surface area contributed by atoms with Crippen LogP contribution in [0.4, 0.5) is 4.39 Å². The molecule has 1 nitrogen and oxygen atoms in total. The Morgan fingerprint density at radius 2 is 2.06 bits per heavy atom. The molecule has 17 heavy (non-hydrogen) atoms. The van der Waals surface area contributed by atoms with Crippen LogP contribution in [-0.4, -0.2) is 7.11 Å². The van der Waals surface area contributed by atoms with Crippen molar-refractivity contribution in [3.8, 4) is 5.75 Å². The van der Waals surface area contributed by atoms with E-state index < -0.39 is 0 Å². The first-order valence-corrected chi connectivity index (χ1v) is 7.08. The van der Waals surface area contributed by atoms with Gasteiger partial charge in [-0.3, -0.25) is 0 Å². The number of alkyl halides is 1. The van der Waals surface area contributed by atoms with Gasteiger partial charge in [-0.25, -0.2) is 4.39 Å². The van der Waals surface area contributed by atoms with Crippen LogP contribution < -0.4 is 4.74 Å². The summed E-state index contributed by atoms with van der Waals surface area (Å²) in [6, 6.07) is 5.16. The summed E-state index contributed by atoms with van der Waals surface area (Å²) in [5.74, 6) is 0.0161. The Morgan fingerprint density at radius 1 is 1.29 bits per heavy atom. The van der Waals surface area contributed by atoms with E-state index in [1.165, 1.54) is 32.8 Å². The number of hydrogen-bond acceptors (Lipinski definition) is 1. The van der Waals surface area contributed by atoms with Crippen LogP contribution in [0, 0.1) is 5.82 Å². The molecule has 1 unspecified atom stereocenters. The summed E-state index contributed by atoms with van der Waals surface area (Å²) in [5.41, 5.74) is 0.986. The van der Waals surface area contributed by atoms with Gasteiger partial charge >= 0.3 is 0 Å². The third-order valence-corrected chi connectivity index (χ3v) is 3.84. The molecule has 0 aliphatic heterocycles. The van der Waals surface area contributed by atoms with Gasteiger partial charge < -0.3 is 4.74 Å². The molecule has 3 heteroatoms. The van der Waals surface area contributed by atoms with Crippen molar-refractivity contribution in [2.75, 3.05) is 7.11 Å². The quantitative estimate of drug-likeness (QED) is 0.494. The number of ether oxygens (including phenoxy) is 1. The van der Waals surface area contributed by atoms with Gasteiger partial charge in [0.15, 0.2) is 11.6 Å². The lowest BCUT2D eigenvalue weighted by Crippen LogP contribution is -1.94. The van der Waals surface area contributed by atoms with Crippen molar-refractivity contribution in [2.24, 2.45) is 0 Å². The van der Waals surface area contributed by atoms with Crippen LogP contribution in [0.25, 0.3) is 0 Å². The SMILES string of the molecule is CCCCCCC(Br)c1ccc(OC)c(F)c1. The fraction of sp³-hybridized carbons (Fsp3) is 0.571. The standard InChI is InChI=1S/C14H20BrFO/c1-3-4-5-6-7-12(15)11-8-9-14(17-2)13(16)10-11/h8-10,12H,3-7H2,1-2H3. The highest BCUT2D eigenvalue weighted by Gasteiger charge is 2.10. The maximum absolute atomic E-state index is 13.5. The van der Waals surface area contributed by atoms with E-state index in [1.54, 1.807) is 12.1 Å². The van der Waals surface area contributed by atoms with Crippen molar-refractivity contribution in [2.45, 2.75) is 43.9 Å². The molecule has 0 aliphatic carbocycles. The van der Waals surface area contributed by atoms with Crippen LogP contribution in [0.1, 0.15) is 49.4 Å². The van der Waals surface area contributed by atoms with E-state index in [0.29, 0.717) is 5.75 Å². The molecular formula is C14H20BrFO. The maximum atomic E-state index is 13.5. The number of halogens is 2. The highest BCUT2D eigenvalue weighted by Crippen LogP contribution is 2.31. The number of benzene rings is 1. The Kier molecular flexibility index (Phi) is 6.56. The lowest BCUT2D eigenvalue weighted by atomic mass is 10.1. The van der Waals surface area contributed by atoms with Crippen molar-refractivity contribution in [3.05, 3.63) is 29.6 Å². The predicted molar refractivity (Wildman–Crippen MR) is 73.4 cm³/mol.